The quantitative estimate of drug-likeness (QED) is 0.114. The Morgan fingerprint density at radius 3 is 1.67 bits per heavy atom. The summed E-state index contributed by atoms with van der Waals surface area (Å²) in [4.78, 5) is 31.1. The first-order valence-electron chi connectivity index (χ1n) is 15.9. The number of methoxy groups -OCH3 is 1. The number of aromatic nitrogens is 2. The van der Waals surface area contributed by atoms with Gasteiger partial charge < -0.3 is 57.4 Å². The van der Waals surface area contributed by atoms with Gasteiger partial charge in [-0.25, -0.2) is 4.98 Å². The van der Waals surface area contributed by atoms with E-state index in [0.29, 0.717) is 132 Å². The number of nitrogens with one attached hydrogen (secondary N) is 1. The molecule has 1 N–H and O–H groups in total. The number of rotatable bonds is 29. The lowest BCUT2D eigenvalue weighted by Crippen LogP contribution is -2.61. The molecule has 0 saturated carbocycles. The minimum absolute atomic E-state index is 0.0110. The lowest BCUT2D eigenvalue weighted by molar-refractivity contribution is -0.147. The minimum Gasteiger partial charge on any atom is -0.382 e. The Morgan fingerprint density at radius 2 is 1.18 bits per heavy atom. The topological polar surface area (TPSA) is 150 Å². The second kappa shape index (κ2) is 24.0. The molecular weight excluding hydrogens is 592 g/mol. The zero-order chi connectivity index (χ0) is 31.8. The summed E-state index contributed by atoms with van der Waals surface area (Å²) in [5.74, 6) is -0.0679. The summed E-state index contributed by atoms with van der Waals surface area (Å²) >= 11 is 0. The van der Waals surface area contributed by atoms with Crippen LogP contribution in [0.1, 0.15) is 18.5 Å². The maximum Gasteiger partial charge on any atom is 0.246 e. The Morgan fingerprint density at radius 1 is 0.711 bits per heavy atom. The number of carbonyl (C=O) groups excluding carboxylic acids is 2. The maximum atomic E-state index is 12.7. The van der Waals surface area contributed by atoms with Crippen molar-refractivity contribution >= 4 is 11.8 Å². The van der Waals surface area contributed by atoms with Crippen molar-refractivity contribution in [1.82, 2.24) is 19.8 Å². The fourth-order valence-corrected chi connectivity index (χ4v) is 4.77. The van der Waals surface area contributed by atoms with Gasteiger partial charge in [-0.2, -0.15) is 0 Å². The lowest BCUT2D eigenvalue weighted by atomic mass is 10.0. The van der Waals surface area contributed by atoms with Crippen molar-refractivity contribution in [3.05, 3.63) is 18.2 Å². The van der Waals surface area contributed by atoms with Crippen LogP contribution in [0.2, 0.25) is 0 Å². The van der Waals surface area contributed by atoms with Gasteiger partial charge >= 0.3 is 0 Å². The van der Waals surface area contributed by atoms with Crippen molar-refractivity contribution in [2.45, 2.75) is 37.9 Å². The molecule has 0 aliphatic carbocycles. The fourth-order valence-electron chi connectivity index (χ4n) is 4.77. The van der Waals surface area contributed by atoms with E-state index < -0.39 is 6.04 Å². The lowest BCUT2D eigenvalue weighted by Gasteiger charge is -2.34. The molecule has 2 aliphatic rings. The molecule has 2 fully saturated rings. The first-order chi connectivity index (χ1) is 22.2. The third kappa shape index (κ3) is 15.8. The van der Waals surface area contributed by atoms with E-state index in [2.05, 4.69) is 10.3 Å². The molecule has 45 heavy (non-hydrogen) atoms. The molecule has 0 aromatic carbocycles. The van der Waals surface area contributed by atoms with Crippen molar-refractivity contribution < 1.29 is 52.2 Å². The molecule has 1 aromatic rings. The van der Waals surface area contributed by atoms with Crippen LogP contribution in [0.25, 0.3) is 0 Å². The Bertz CT molecular complexity index is 922. The fraction of sp³-hybridized carbons (Fsp3) is 0.833. The third-order valence-electron chi connectivity index (χ3n) is 7.08. The van der Waals surface area contributed by atoms with E-state index in [1.54, 1.807) is 18.3 Å². The number of hydrogen-bond acceptors (Lipinski definition) is 12. The van der Waals surface area contributed by atoms with Gasteiger partial charge in [0.2, 0.25) is 11.8 Å². The Balaban J connectivity index is 1.01. The zero-order valence-electron chi connectivity index (χ0n) is 26.7. The highest BCUT2D eigenvalue weighted by Gasteiger charge is 2.42. The molecule has 258 valence electrons. The number of fused-ring (bicyclic) bond motifs is 1. The number of imidazole rings is 1. The van der Waals surface area contributed by atoms with Gasteiger partial charge in [0.25, 0.3) is 0 Å². The van der Waals surface area contributed by atoms with Crippen LogP contribution in [0.4, 0.5) is 0 Å². The van der Waals surface area contributed by atoms with Crippen molar-refractivity contribution in [3.63, 3.8) is 0 Å². The largest absolute Gasteiger partial charge is 0.382 e. The first-order valence-corrected chi connectivity index (χ1v) is 15.9. The molecule has 2 atom stereocenters. The molecule has 2 aliphatic heterocycles. The second-order valence-electron chi connectivity index (χ2n) is 10.4. The van der Waals surface area contributed by atoms with Crippen molar-refractivity contribution in [2.24, 2.45) is 0 Å². The van der Waals surface area contributed by atoms with E-state index in [1.165, 1.54) is 0 Å². The molecule has 2 saturated heterocycles. The standard InChI is InChI=1S/C30H52N4O11/c1-37-7-8-39-11-12-41-15-16-43-19-20-45-22-21-44-18-17-42-14-13-40-10-9-38-6-5-33-24-26(31-25-33)23-27-30(36)34-4-2-3-28(34)29(35)32-27/h24-25,27-28H,2-23H2,1H3,(H,32,35)/t27-,28-/m0/s1. The average molecular weight is 645 g/mol. The monoisotopic (exact) mass is 644 g/mol. The predicted octanol–water partition coefficient (Wildman–Crippen LogP) is -0.306. The third-order valence-corrected chi connectivity index (χ3v) is 7.08. The van der Waals surface area contributed by atoms with Crippen LogP contribution in [0.3, 0.4) is 0 Å². The molecule has 3 rings (SSSR count). The highest BCUT2D eigenvalue weighted by Crippen LogP contribution is 2.23. The minimum atomic E-state index is -0.545. The van der Waals surface area contributed by atoms with Gasteiger partial charge in [-0.05, 0) is 12.8 Å². The summed E-state index contributed by atoms with van der Waals surface area (Å²) in [7, 11) is 1.64. The van der Waals surface area contributed by atoms with E-state index in [-0.39, 0.29) is 17.9 Å². The van der Waals surface area contributed by atoms with Crippen LogP contribution in [0, 0.1) is 0 Å². The number of amides is 2. The van der Waals surface area contributed by atoms with Gasteiger partial charge in [0.05, 0.1) is 124 Å². The van der Waals surface area contributed by atoms with Crippen molar-refractivity contribution in [3.8, 4) is 0 Å². The summed E-state index contributed by atoms with van der Waals surface area (Å²) < 4.78 is 50.6. The summed E-state index contributed by atoms with van der Waals surface area (Å²) in [6, 6.07) is -0.842. The summed E-state index contributed by atoms with van der Waals surface area (Å²) in [5.41, 5.74) is 0.768. The highest BCUT2D eigenvalue weighted by atomic mass is 16.6. The number of carbonyl (C=O) groups is 2. The zero-order valence-corrected chi connectivity index (χ0v) is 26.7. The summed E-state index contributed by atoms with van der Waals surface area (Å²) in [6.45, 7) is 10.1. The molecule has 15 heteroatoms. The molecular formula is C30H52N4O11. The van der Waals surface area contributed by atoms with Crippen LogP contribution in [-0.4, -0.2) is 164 Å². The molecule has 3 heterocycles. The molecule has 0 bridgehead atoms. The molecule has 1 aromatic heterocycles. The predicted molar refractivity (Wildman–Crippen MR) is 161 cm³/mol. The van der Waals surface area contributed by atoms with E-state index >= 15 is 0 Å². The van der Waals surface area contributed by atoms with E-state index in [1.807, 2.05) is 10.8 Å². The molecule has 0 unspecified atom stereocenters. The van der Waals surface area contributed by atoms with E-state index in [0.717, 1.165) is 18.5 Å². The van der Waals surface area contributed by atoms with Crippen LogP contribution < -0.4 is 5.32 Å². The molecule has 0 radical (unpaired) electrons. The first kappa shape index (κ1) is 37.2. The molecule has 0 spiro atoms. The van der Waals surface area contributed by atoms with Crippen LogP contribution >= 0.6 is 0 Å². The summed E-state index contributed by atoms with van der Waals surface area (Å²) in [5, 5.41) is 2.86. The van der Waals surface area contributed by atoms with Crippen LogP contribution in [0.15, 0.2) is 12.5 Å². The molecule has 15 nitrogen and oxygen atoms in total. The number of nitrogens with zero attached hydrogens (tertiary/aromatic N) is 3. The number of hydrogen-bond donors (Lipinski definition) is 1. The van der Waals surface area contributed by atoms with Crippen LogP contribution in [-0.2, 0) is 65.2 Å². The van der Waals surface area contributed by atoms with Crippen LogP contribution in [0.5, 0.6) is 0 Å². The van der Waals surface area contributed by atoms with Gasteiger partial charge in [0.15, 0.2) is 0 Å². The maximum absolute atomic E-state index is 12.7. The number of piperazine rings is 1. The Hall–Kier alpha value is -2.21. The Kier molecular flexibility index (Phi) is 19.9. The molecule has 2 amide bonds. The van der Waals surface area contributed by atoms with Gasteiger partial charge in [-0.3, -0.25) is 9.59 Å². The van der Waals surface area contributed by atoms with Gasteiger partial charge in [0, 0.05) is 32.8 Å². The second-order valence-corrected chi connectivity index (χ2v) is 10.4. The van der Waals surface area contributed by atoms with Gasteiger partial charge in [0.1, 0.15) is 12.1 Å². The van der Waals surface area contributed by atoms with Gasteiger partial charge in [-0.15, -0.1) is 0 Å². The van der Waals surface area contributed by atoms with E-state index in [9.17, 15) is 9.59 Å². The smallest absolute Gasteiger partial charge is 0.246 e. The summed E-state index contributed by atoms with van der Waals surface area (Å²) in [6.07, 6.45) is 5.62. The highest BCUT2D eigenvalue weighted by molar-refractivity contribution is 5.97. The van der Waals surface area contributed by atoms with Gasteiger partial charge in [-0.1, -0.05) is 0 Å². The van der Waals surface area contributed by atoms with Crippen molar-refractivity contribution in [2.75, 3.05) is 126 Å². The average Bonchev–Trinajstić information content (AvgIpc) is 3.72. The van der Waals surface area contributed by atoms with Crippen molar-refractivity contribution in [1.29, 1.82) is 0 Å². The Labute approximate surface area is 266 Å². The van der Waals surface area contributed by atoms with E-state index in [4.69, 9.17) is 42.6 Å². The SMILES string of the molecule is COCCOCCOCCOCCOCCOCCOCCOCCOCCn1cnc(C[C@@H]2NC(=O)[C@@H]3CCCN3C2=O)c1. The normalized spacial score (nSPS) is 18.1. The number of ether oxygens (including phenoxy) is 9.